The van der Waals surface area contributed by atoms with Crippen LogP contribution in [-0.4, -0.2) is 11.9 Å². The van der Waals surface area contributed by atoms with Crippen molar-refractivity contribution in [2.75, 3.05) is 11.9 Å². The second-order valence-corrected chi connectivity index (χ2v) is 4.68. The van der Waals surface area contributed by atoms with E-state index in [1.807, 2.05) is 18.2 Å². The zero-order valence-corrected chi connectivity index (χ0v) is 11.4. The number of benzene rings is 2. The molecule has 0 aromatic heterocycles. The summed E-state index contributed by atoms with van der Waals surface area (Å²) in [7, 11) is 0. The average molecular weight is 309 g/mol. The van der Waals surface area contributed by atoms with Crippen LogP contribution in [0.4, 0.5) is 4.39 Å². The molecule has 2 rings (SSSR count). The topological polar surface area (TPSA) is 9.23 Å². The van der Waals surface area contributed by atoms with Gasteiger partial charge in [-0.15, -0.1) is 0 Å². The molecule has 2 aromatic carbocycles. The van der Waals surface area contributed by atoms with E-state index in [4.69, 9.17) is 4.74 Å². The molecule has 0 aliphatic heterocycles. The average Bonchev–Trinajstić information content (AvgIpc) is 2.41. The summed E-state index contributed by atoms with van der Waals surface area (Å²) in [5.41, 5.74) is 1.21. The van der Waals surface area contributed by atoms with Gasteiger partial charge in [0.1, 0.15) is 11.6 Å². The highest BCUT2D eigenvalue weighted by atomic mass is 79.9. The van der Waals surface area contributed by atoms with Crippen LogP contribution in [0.15, 0.2) is 54.6 Å². The predicted octanol–water partition coefficient (Wildman–Crippen LogP) is 4.38. The van der Waals surface area contributed by atoms with Crippen LogP contribution < -0.4 is 4.74 Å². The fourth-order valence-corrected chi connectivity index (χ4v) is 2.27. The van der Waals surface area contributed by atoms with Crippen molar-refractivity contribution in [1.29, 1.82) is 0 Å². The van der Waals surface area contributed by atoms with E-state index in [1.165, 1.54) is 17.7 Å². The minimum Gasteiger partial charge on any atom is -0.493 e. The molecule has 1 atom stereocenters. The first kappa shape index (κ1) is 13.1. The summed E-state index contributed by atoms with van der Waals surface area (Å²) in [5, 5.41) is 0.812. The van der Waals surface area contributed by atoms with Gasteiger partial charge in [0, 0.05) is 17.3 Å². The van der Waals surface area contributed by atoms with Crippen molar-refractivity contribution in [2.24, 2.45) is 0 Å². The van der Waals surface area contributed by atoms with Crippen LogP contribution in [0.25, 0.3) is 0 Å². The van der Waals surface area contributed by atoms with Gasteiger partial charge in [-0.1, -0.05) is 52.3 Å². The molecule has 1 nitrogen and oxygen atoms in total. The molecule has 0 amide bonds. The SMILES string of the molecule is Fc1cccc(OCC(CBr)c2ccccc2)c1. The Labute approximate surface area is 115 Å². The summed E-state index contributed by atoms with van der Waals surface area (Å²) in [6, 6.07) is 16.4. The lowest BCUT2D eigenvalue weighted by Crippen LogP contribution is -2.11. The van der Waals surface area contributed by atoms with Crippen molar-refractivity contribution in [3.8, 4) is 5.75 Å². The molecule has 1 unspecified atom stereocenters. The Kier molecular flexibility index (Phi) is 4.76. The van der Waals surface area contributed by atoms with Crippen molar-refractivity contribution in [1.82, 2.24) is 0 Å². The van der Waals surface area contributed by atoms with Crippen molar-refractivity contribution in [3.05, 3.63) is 66.0 Å². The molecule has 0 N–H and O–H groups in total. The van der Waals surface area contributed by atoms with Gasteiger partial charge < -0.3 is 4.74 Å². The summed E-state index contributed by atoms with van der Waals surface area (Å²) in [5.74, 6) is 0.550. The third-order valence-corrected chi connectivity index (χ3v) is 3.49. The van der Waals surface area contributed by atoms with Gasteiger partial charge in [0.05, 0.1) is 6.61 Å². The molecule has 0 bridgehead atoms. The van der Waals surface area contributed by atoms with E-state index in [9.17, 15) is 4.39 Å². The van der Waals surface area contributed by atoms with Gasteiger partial charge in [-0.2, -0.15) is 0 Å². The predicted molar refractivity (Wildman–Crippen MR) is 74.9 cm³/mol. The van der Waals surface area contributed by atoms with E-state index in [2.05, 4.69) is 28.1 Å². The monoisotopic (exact) mass is 308 g/mol. The molecule has 0 radical (unpaired) electrons. The zero-order chi connectivity index (χ0) is 12.8. The molecule has 0 saturated heterocycles. The number of alkyl halides is 1. The lowest BCUT2D eigenvalue weighted by molar-refractivity contribution is 0.296. The molecule has 0 saturated carbocycles. The van der Waals surface area contributed by atoms with E-state index >= 15 is 0 Å². The van der Waals surface area contributed by atoms with Gasteiger partial charge in [-0.05, 0) is 17.7 Å². The molecule has 18 heavy (non-hydrogen) atoms. The first-order chi connectivity index (χ1) is 8.79. The summed E-state index contributed by atoms with van der Waals surface area (Å²) < 4.78 is 18.6. The Bertz CT molecular complexity index is 487. The fourth-order valence-electron chi connectivity index (χ4n) is 1.71. The molecular weight excluding hydrogens is 295 g/mol. The summed E-state index contributed by atoms with van der Waals surface area (Å²) >= 11 is 3.49. The quantitative estimate of drug-likeness (QED) is 0.745. The van der Waals surface area contributed by atoms with Crippen molar-refractivity contribution in [2.45, 2.75) is 5.92 Å². The molecule has 3 heteroatoms. The number of hydrogen-bond acceptors (Lipinski definition) is 1. The summed E-state index contributed by atoms with van der Waals surface area (Å²) in [4.78, 5) is 0. The highest BCUT2D eigenvalue weighted by Gasteiger charge is 2.10. The Hall–Kier alpha value is -1.35. The van der Waals surface area contributed by atoms with Crippen LogP contribution in [-0.2, 0) is 0 Å². The lowest BCUT2D eigenvalue weighted by atomic mass is 10.0. The molecule has 2 aromatic rings. The fraction of sp³-hybridized carbons (Fsp3) is 0.200. The molecule has 0 spiro atoms. The van der Waals surface area contributed by atoms with E-state index in [0.717, 1.165) is 5.33 Å². The van der Waals surface area contributed by atoms with Crippen LogP contribution in [0, 0.1) is 5.82 Å². The minimum atomic E-state index is -0.275. The summed E-state index contributed by atoms with van der Waals surface area (Å²) in [6.45, 7) is 0.527. The first-order valence-electron chi connectivity index (χ1n) is 5.79. The largest absolute Gasteiger partial charge is 0.493 e. The maximum Gasteiger partial charge on any atom is 0.126 e. The van der Waals surface area contributed by atoms with E-state index in [-0.39, 0.29) is 11.7 Å². The Balaban J connectivity index is 2.00. The maximum atomic E-state index is 13.0. The number of rotatable bonds is 5. The van der Waals surface area contributed by atoms with Gasteiger partial charge in [0.15, 0.2) is 0 Å². The van der Waals surface area contributed by atoms with Gasteiger partial charge in [-0.25, -0.2) is 4.39 Å². The van der Waals surface area contributed by atoms with Crippen LogP contribution >= 0.6 is 15.9 Å². The Morgan fingerprint density at radius 1 is 1.06 bits per heavy atom. The third-order valence-electron chi connectivity index (χ3n) is 2.70. The van der Waals surface area contributed by atoms with Crippen molar-refractivity contribution >= 4 is 15.9 Å². The molecule has 0 heterocycles. The van der Waals surface area contributed by atoms with Gasteiger partial charge >= 0.3 is 0 Å². The highest BCUT2D eigenvalue weighted by Crippen LogP contribution is 2.20. The van der Waals surface area contributed by atoms with Gasteiger partial charge in [-0.3, -0.25) is 0 Å². The van der Waals surface area contributed by atoms with E-state index < -0.39 is 0 Å². The normalized spacial score (nSPS) is 12.1. The second-order valence-electron chi connectivity index (χ2n) is 4.03. The minimum absolute atomic E-state index is 0.259. The molecule has 0 fully saturated rings. The molecule has 0 aliphatic rings. The number of hydrogen-bond donors (Lipinski definition) is 0. The molecule has 94 valence electrons. The number of halogens is 2. The Morgan fingerprint density at radius 2 is 1.83 bits per heavy atom. The van der Waals surface area contributed by atoms with Gasteiger partial charge in [0.25, 0.3) is 0 Å². The lowest BCUT2D eigenvalue weighted by Gasteiger charge is -2.15. The van der Waals surface area contributed by atoms with Crippen LogP contribution in [0.1, 0.15) is 11.5 Å². The molecular formula is C15H14BrFO. The molecule has 0 aliphatic carbocycles. The Morgan fingerprint density at radius 3 is 2.50 bits per heavy atom. The van der Waals surface area contributed by atoms with Crippen molar-refractivity contribution < 1.29 is 9.13 Å². The highest BCUT2D eigenvalue weighted by molar-refractivity contribution is 9.09. The van der Waals surface area contributed by atoms with Crippen LogP contribution in [0.3, 0.4) is 0 Å². The first-order valence-corrected chi connectivity index (χ1v) is 6.91. The summed E-state index contributed by atoms with van der Waals surface area (Å²) in [6.07, 6.45) is 0. The van der Waals surface area contributed by atoms with E-state index in [1.54, 1.807) is 12.1 Å². The van der Waals surface area contributed by atoms with Crippen molar-refractivity contribution in [3.63, 3.8) is 0 Å². The van der Waals surface area contributed by atoms with Gasteiger partial charge in [0.2, 0.25) is 0 Å². The smallest absolute Gasteiger partial charge is 0.126 e. The standard InChI is InChI=1S/C15H14BrFO/c16-10-13(12-5-2-1-3-6-12)11-18-15-8-4-7-14(17)9-15/h1-9,13H,10-11H2. The number of ether oxygens (including phenoxy) is 1. The second kappa shape index (κ2) is 6.55. The van der Waals surface area contributed by atoms with Crippen LogP contribution in [0.2, 0.25) is 0 Å². The third kappa shape index (κ3) is 3.57. The zero-order valence-electron chi connectivity index (χ0n) is 9.85. The van der Waals surface area contributed by atoms with Crippen LogP contribution in [0.5, 0.6) is 5.75 Å². The van der Waals surface area contributed by atoms with E-state index in [0.29, 0.717) is 12.4 Å². The maximum absolute atomic E-state index is 13.0.